The molecule has 1 aromatic carbocycles. The number of hydrogen-bond donors (Lipinski definition) is 2. The second-order valence-electron chi connectivity index (χ2n) is 7.43. The Hall–Kier alpha value is -2.60. The van der Waals surface area contributed by atoms with Gasteiger partial charge >= 0.3 is 8.25 Å². The average Bonchev–Trinajstić information content (AvgIpc) is 3.49. The van der Waals surface area contributed by atoms with Crippen LogP contribution in [0.15, 0.2) is 46.5 Å². The molecule has 6 rings (SSSR count). The zero-order valence-electron chi connectivity index (χ0n) is 16.6. The minimum Gasteiger partial charge on any atom is -0.385 e. The van der Waals surface area contributed by atoms with Crippen molar-refractivity contribution in [3.8, 4) is 11.3 Å². The number of nitrogens with zero attached hydrogens (tertiary/aromatic N) is 4. The Labute approximate surface area is 185 Å². The smallest absolute Gasteiger partial charge is 0.385 e. The fraction of sp³-hybridized carbons (Fsp3) is 0.316. The Bertz CT molecular complexity index is 1420. The molecule has 2 aliphatic heterocycles. The van der Waals surface area contributed by atoms with Crippen molar-refractivity contribution >= 4 is 37.0 Å². The molecular formula is C19H17N5O6PS+. The first-order chi connectivity index (χ1) is 15.5. The molecule has 0 saturated carbocycles. The molecule has 5 atom stereocenters. The summed E-state index contributed by atoms with van der Waals surface area (Å²) >= 11 is 1.29. The van der Waals surface area contributed by atoms with E-state index in [4.69, 9.17) is 13.8 Å². The van der Waals surface area contributed by atoms with Gasteiger partial charge in [0, 0.05) is 10.8 Å². The van der Waals surface area contributed by atoms with E-state index < -0.39 is 32.8 Å². The summed E-state index contributed by atoms with van der Waals surface area (Å²) in [5.74, 6) is 0.336. The van der Waals surface area contributed by atoms with Gasteiger partial charge in [-0.15, -0.1) is 9.05 Å². The number of aromatic amines is 1. The minimum atomic E-state index is -2.31. The lowest BCUT2D eigenvalue weighted by atomic mass is 10.1. The summed E-state index contributed by atoms with van der Waals surface area (Å²) in [5.41, 5.74) is 1.72. The highest BCUT2D eigenvalue weighted by molar-refractivity contribution is 7.98. The van der Waals surface area contributed by atoms with E-state index in [9.17, 15) is 14.5 Å². The summed E-state index contributed by atoms with van der Waals surface area (Å²) in [6.45, 7) is 0.0338. The van der Waals surface area contributed by atoms with Crippen molar-refractivity contribution in [2.45, 2.75) is 29.7 Å². The third kappa shape index (κ3) is 2.95. The molecule has 32 heavy (non-hydrogen) atoms. The molecule has 2 N–H and O–H groups in total. The van der Waals surface area contributed by atoms with Crippen molar-refractivity contribution < 1.29 is 23.5 Å². The summed E-state index contributed by atoms with van der Waals surface area (Å²) in [6.07, 6.45) is 0.00308. The third-order valence-corrected chi connectivity index (χ3v) is 7.03. The van der Waals surface area contributed by atoms with Crippen LogP contribution in [0.5, 0.6) is 0 Å². The number of hydrogen-bond acceptors (Lipinski definition) is 9. The van der Waals surface area contributed by atoms with Crippen LogP contribution in [0, 0.1) is 0 Å². The van der Waals surface area contributed by atoms with E-state index in [1.54, 1.807) is 17.0 Å². The quantitative estimate of drug-likeness (QED) is 0.338. The van der Waals surface area contributed by atoms with Crippen LogP contribution in [0.25, 0.3) is 28.2 Å². The van der Waals surface area contributed by atoms with Crippen LogP contribution in [-0.4, -0.2) is 60.2 Å². The van der Waals surface area contributed by atoms with Gasteiger partial charge in [-0.05, 0) is 11.8 Å². The molecule has 5 heterocycles. The van der Waals surface area contributed by atoms with Gasteiger partial charge in [0.1, 0.15) is 18.8 Å². The molecule has 0 aliphatic carbocycles. The lowest BCUT2D eigenvalue weighted by Gasteiger charge is -2.18. The summed E-state index contributed by atoms with van der Waals surface area (Å²) in [7, 11) is -2.31. The maximum absolute atomic E-state index is 13.2. The number of rotatable bonds is 3. The number of imidazole rings is 2. The molecule has 3 aromatic heterocycles. The number of nitrogens with one attached hydrogen (secondary N) is 1. The lowest BCUT2D eigenvalue weighted by molar-refractivity contribution is -0.0583. The SMILES string of the molecule is CSc1nc2c(=O)n3cc(-c4ccccc4)[nH]c3nc2n1[C@@H]1OC2CO[P+](=O)O[C@H]2[C@@H]1O. The Morgan fingerprint density at radius 1 is 1.28 bits per heavy atom. The van der Waals surface area contributed by atoms with E-state index in [0.29, 0.717) is 10.9 Å². The fourth-order valence-electron chi connectivity index (χ4n) is 4.11. The predicted molar refractivity (Wildman–Crippen MR) is 115 cm³/mol. The van der Waals surface area contributed by atoms with Gasteiger partial charge in [0.15, 0.2) is 28.7 Å². The van der Waals surface area contributed by atoms with E-state index in [-0.39, 0.29) is 23.3 Å². The van der Waals surface area contributed by atoms with Gasteiger partial charge in [-0.25, -0.2) is 9.38 Å². The van der Waals surface area contributed by atoms with Crippen LogP contribution in [-0.2, 0) is 18.3 Å². The Balaban J connectivity index is 1.51. The predicted octanol–water partition coefficient (Wildman–Crippen LogP) is 2.09. The highest BCUT2D eigenvalue weighted by atomic mass is 32.2. The normalized spacial score (nSPS) is 26.8. The van der Waals surface area contributed by atoms with Gasteiger partial charge in [-0.1, -0.05) is 42.1 Å². The maximum Gasteiger partial charge on any atom is 0.697 e. The van der Waals surface area contributed by atoms with Crippen LogP contribution < -0.4 is 5.56 Å². The van der Waals surface area contributed by atoms with Crippen LogP contribution >= 0.6 is 20.0 Å². The molecule has 2 fully saturated rings. The molecule has 0 spiro atoms. The number of ether oxygens (including phenoxy) is 1. The molecule has 164 valence electrons. The third-order valence-electron chi connectivity index (χ3n) is 5.60. The van der Waals surface area contributed by atoms with Crippen LogP contribution in [0.2, 0.25) is 0 Å². The topological polar surface area (TPSA) is 133 Å². The lowest BCUT2D eigenvalue weighted by Crippen LogP contribution is -2.37. The monoisotopic (exact) mass is 474 g/mol. The average molecular weight is 474 g/mol. The van der Waals surface area contributed by atoms with Crippen molar-refractivity contribution in [2.24, 2.45) is 0 Å². The molecular weight excluding hydrogens is 457 g/mol. The molecule has 13 heteroatoms. The molecule has 2 saturated heterocycles. The van der Waals surface area contributed by atoms with E-state index in [2.05, 4.69) is 15.0 Å². The van der Waals surface area contributed by atoms with Crippen molar-refractivity contribution in [1.82, 2.24) is 23.9 Å². The molecule has 2 unspecified atom stereocenters. The van der Waals surface area contributed by atoms with Crippen LogP contribution in [0.4, 0.5) is 0 Å². The van der Waals surface area contributed by atoms with Gasteiger partial charge in [0.25, 0.3) is 5.56 Å². The maximum atomic E-state index is 13.2. The summed E-state index contributed by atoms with van der Waals surface area (Å²) < 4.78 is 30.9. The molecule has 0 amide bonds. The van der Waals surface area contributed by atoms with Crippen molar-refractivity contribution in [3.05, 3.63) is 46.9 Å². The number of aliphatic hydroxyl groups excluding tert-OH is 1. The van der Waals surface area contributed by atoms with E-state index in [1.165, 1.54) is 16.2 Å². The number of fused-ring (bicyclic) bond motifs is 3. The number of aliphatic hydroxyl groups is 1. The summed E-state index contributed by atoms with van der Waals surface area (Å²) in [5, 5.41) is 11.3. The van der Waals surface area contributed by atoms with Gasteiger partial charge < -0.3 is 14.8 Å². The van der Waals surface area contributed by atoms with E-state index in [1.807, 2.05) is 30.3 Å². The standard InChI is InChI=1S/C19H16N5O6PS/c1-32-19-21-12-15(24(19)17-13(25)14-11(29-17)8-28-31(27)30-14)22-18-20-10(7-23(18)16(12)26)9-5-3-2-4-6-9/h2-7,11,13-14,17,25H,8H2,1H3/p+1/t11?,13-,14+,17+/m0/s1. The van der Waals surface area contributed by atoms with E-state index in [0.717, 1.165) is 11.3 Å². The van der Waals surface area contributed by atoms with Crippen molar-refractivity contribution in [1.29, 1.82) is 0 Å². The molecule has 0 radical (unpaired) electrons. The van der Waals surface area contributed by atoms with Crippen LogP contribution in [0.1, 0.15) is 6.23 Å². The Kier molecular flexibility index (Phi) is 4.68. The van der Waals surface area contributed by atoms with Crippen molar-refractivity contribution in [3.63, 3.8) is 0 Å². The van der Waals surface area contributed by atoms with Gasteiger partial charge in [0.2, 0.25) is 5.78 Å². The largest absolute Gasteiger partial charge is 0.697 e. The van der Waals surface area contributed by atoms with Gasteiger partial charge in [0.05, 0.1) is 5.69 Å². The zero-order chi connectivity index (χ0) is 22.0. The summed E-state index contributed by atoms with van der Waals surface area (Å²) in [6, 6.07) is 9.59. The first kappa shape index (κ1) is 20.0. The zero-order valence-corrected chi connectivity index (χ0v) is 18.3. The highest BCUT2D eigenvalue weighted by Crippen LogP contribution is 2.43. The molecule has 4 aromatic rings. The molecule has 11 nitrogen and oxygen atoms in total. The minimum absolute atomic E-state index is 0.0338. The number of H-pyrrole nitrogens is 1. The fourth-order valence-corrected chi connectivity index (χ4v) is 5.47. The number of thioether (sulfide) groups is 1. The van der Waals surface area contributed by atoms with Crippen molar-refractivity contribution in [2.75, 3.05) is 12.9 Å². The number of benzene rings is 1. The van der Waals surface area contributed by atoms with Gasteiger partial charge in [-0.2, -0.15) is 4.98 Å². The molecule has 2 aliphatic rings. The second-order valence-corrected chi connectivity index (χ2v) is 9.12. The summed E-state index contributed by atoms with van der Waals surface area (Å²) in [4.78, 5) is 25.5. The van der Waals surface area contributed by atoms with Crippen LogP contribution in [0.3, 0.4) is 0 Å². The Morgan fingerprint density at radius 2 is 2.09 bits per heavy atom. The number of aromatic nitrogens is 5. The highest BCUT2D eigenvalue weighted by Gasteiger charge is 2.55. The Morgan fingerprint density at radius 3 is 2.88 bits per heavy atom. The van der Waals surface area contributed by atoms with Gasteiger partial charge in [-0.3, -0.25) is 9.36 Å². The first-order valence-corrected chi connectivity index (χ1v) is 12.1. The second kappa shape index (κ2) is 7.48. The first-order valence-electron chi connectivity index (χ1n) is 9.78. The molecule has 0 bridgehead atoms. The van der Waals surface area contributed by atoms with E-state index >= 15 is 0 Å².